The minimum Gasteiger partial charge on any atom is -0.508 e. The zero-order valence-corrected chi connectivity index (χ0v) is 10.9. The molecule has 0 bridgehead atoms. The Morgan fingerprint density at radius 3 is 2.58 bits per heavy atom. The lowest BCUT2D eigenvalue weighted by Gasteiger charge is -2.18. The van der Waals surface area contributed by atoms with E-state index >= 15 is 0 Å². The predicted molar refractivity (Wildman–Crippen MR) is 73.2 cm³/mol. The summed E-state index contributed by atoms with van der Waals surface area (Å²) in [6.07, 6.45) is 3.49. The van der Waals surface area contributed by atoms with Gasteiger partial charge in [0, 0.05) is 18.9 Å². The van der Waals surface area contributed by atoms with Crippen LogP contribution in [0.2, 0.25) is 0 Å². The van der Waals surface area contributed by atoms with Crippen molar-refractivity contribution in [1.82, 2.24) is 5.32 Å². The first-order chi connectivity index (χ1) is 9.16. The Balaban J connectivity index is 1.93. The molecule has 0 radical (unpaired) electrons. The fourth-order valence-corrected chi connectivity index (χ4v) is 1.83. The van der Waals surface area contributed by atoms with Crippen molar-refractivity contribution in [3.63, 3.8) is 0 Å². The summed E-state index contributed by atoms with van der Waals surface area (Å²) in [6, 6.07) is 6.28. The molecule has 1 aromatic rings. The number of ether oxygens (including phenoxy) is 1. The van der Waals surface area contributed by atoms with Gasteiger partial charge in [0.05, 0.1) is 13.2 Å². The number of anilines is 1. The van der Waals surface area contributed by atoms with Crippen molar-refractivity contribution in [2.24, 2.45) is 0 Å². The van der Waals surface area contributed by atoms with Crippen molar-refractivity contribution in [3.8, 4) is 5.75 Å². The fraction of sp³-hybridized carbons (Fsp3) is 0.357. The normalized spacial score (nSPS) is 14.9. The van der Waals surface area contributed by atoms with Gasteiger partial charge in [-0.25, -0.2) is 4.79 Å². The van der Waals surface area contributed by atoms with Crippen LogP contribution in [0.3, 0.4) is 0 Å². The second-order valence-electron chi connectivity index (χ2n) is 4.44. The summed E-state index contributed by atoms with van der Waals surface area (Å²) in [7, 11) is 1.68. The van der Waals surface area contributed by atoms with Crippen LogP contribution in [0.4, 0.5) is 10.5 Å². The Morgan fingerprint density at radius 1 is 1.32 bits per heavy atom. The number of hydrogen-bond acceptors (Lipinski definition) is 3. The number of nitrogens with one attached hydrogen (secondary N) is 1. The van der Waals surface area contributed by atoms with Gasteiger partial charge in [0.15, 0.2) is 0 Å². The lowest BCUT2D eigenvalue weighted by Crippen LogP contribution is -2.34. The summed E-state index contributed by atoms with van der Waals surface area (Å²) in [6.45, 7) is 1.44. The first kappa shape index (κ1) is 13.4. The van der Waals surface area contributed by atoms with Crippen LogP contribution in [0, 0.1) is 0 Å². The molecule has 1 fully saturated rings. The Morgan fingerprint density at radius 2 is 1.95 bits per heavy atom. The van der Waals surface area contributed by atoms with Gasteiger partial charge in [0.2, 0.25) is 0 Å². The molecule has 0 atom stereocenters. The van der Waals surface area contributed by atoms with Crippen LogP contribution < -0.4 is 10.2 Å². The summed E-state index contributed by atoms with van der Waals surface area (Å²) in [5.74, 6) is 0.182. The maximum Gasteiger partial charge on any atom is 0.325 e. The number of carbonyl (C=O) groups excluding carboxylic acids is 1. The molecule has 2 rings (SSSR count). The first-order valence-corrected chi connectivity index (χ1v) is 6.26. The van der Waals surface area contributed by atoms with Gasteiger partial charge >= 0.3 is 6.03 Å². The van der Waals surface area contributed by atoms with E-state index in [0.29, 0.717) is 0 Å². The van der Waals surface area contributed by atoms with Crippen molar-refractivity contribution >= 4 is 11.7 Å². The molecule has 2 amide bonds. The molecule has 0 spiro atoms. The predicted octanol–water partition coefficient (Wildman–Crippen LogP) is 2.23. The lowest BCUT2D eigenvalue weighted by atomic mass is 10.1. The van der Waals surface area contributed by atoms with Gasteiger partial charge in [-0.15, -0.1) is 0 Å². The number of phenolic OH excluding ortho intramolecular Hbond substituents is 1. The molecular formula is C14H18N2O3. The minimum atomic E-state index is -0.204. The number of aromatic hydroxyl groups is 1. The average molecular weight is 262 g/mol. The van der Waals surface area contributed by atoms with E-state index in [-0.39, 0.29) is 11.8 Å². The van der Waals surface area contributed by atoms with E-state index in [1.165, 1.54) is 10.5 Å². The van der Waals surface area contributed by atoms with Crippen molar-refractivity contribution in [2.75, 3.05) is 25.2 Å². The zero-order valence-electron chi connectivity index (χ0n) is 10.9. The van der Waals surface area contributed by atoms with E-state index in [9.17, 15) is 9.90 Å². The van der Waals surface area contributed by atoms with Gasteiger partial charge in [-0.2, -0.15) is 0 Å². The molecule has 0 unspecified atom stereocenters. The molecule has 1 heterocycles. The highest BCUT2D eigenvalue weighted by atomic mass is 16.5. The Labute approximate surface area is 112 Å². The van der Waals surface area contributed by atoms with Crippen LogP contribution in [0.5, 0.6) is 5.75 Å². The molecule has 1 saturated heterocycles. The number of benzene rings is 1. The molecule has 0 saturated carbocycles. The summed E-state index contributed by atoms with van der Waals surface area (Å²) < 4.78 is 5.25. The Kier molecular flexibility index (Phi) is 4.41. The SMILES string of the molecule is CN(C(=O)NC=C1CCOCC1)c1ccc(O)cc1. The molecule has 102 valence electrons. The minimum absolute atomic E-state index is 0.182. The summed E-state index contributed by atoms with van der Waals surface area (Å²) in [5, 5.41) is 12.0. The molecule has 0 aliphatic carbocycles. The molecule has 1 aliphatic heterocycles. The van der Waals surface area contributed by atoms with Crippen LogP contribution in [-0.4, -0.2) is 31.4 Å². The molecule has 19 heavy (non-hydrogen) atoms. The average Bonchev–Trinajstić information content (AvgIpc) is 2.46. The molecule has 2 N–H and O–H groups in total. The summed E-state index contributed by atoms with van der Waals surface area (Å²) in [5.41, 5.74) is 1.92. The van der Waals surface area contributed by atoms with Gasteiger partial charge in [0.1, 0.15) is 5.75 Å². The van der Waals surface area contributed by atoms with Crippen molar-refractivity contribution in [3.05, 3.63) is 36.0 Å². The molecule has 0 aromatic heterocycles. The first-order valence-electron chi connectivity index (χ1n) is 6.26. The summed E-state index contributed by atoms with van der Waals surface area (Å²) >= 11 is 0. The van der Waals surface area contributed by atoms with Crippen molar-refractivity contribution in [1.29, 1.82) is 0 Å². The second kappa shape index (κ2) is 6.24. The van der Waals surface area contributed by atoms with E-state index in [4.69, 9.17) is 4.74 Å². The highest BCUT2D eigenvalue weighted by molar-refractivity contribution is 5.92. The zero-order chi connectivity index (χ0) is 13.7. The Bertz CT molecular complexity index is 460. The topological polar surface area (TPSA) is 61.8 Å². The lowest BCUT2D eigenvalue weighted by molar-refractivity contribution is 0.119. The number of phenols is 1. The van der Waals surface area contributed by atoms with E-state index in [2.05, 4.69) is 5.32 Å². The second-order valence-corrected chi connectivity index (χ2v) is 4.44. The standard InChI is InChI=1S/C14H18N2O3/c1-16(12-2-4-13(17)5-3-12)14(18)15-10-11-6-8-19-9-7-11/h2-5,10,17H,6-9H2,1H3,(H,15,18). The van der Waals surface area contributed by atoms with Crippen LogP contribution in [0.1, 0.15) is 12.8 Å². The third-order valence-corrected chi connectivity index (χ3v) is 3.08. The van der Waals surface area contributed by atoms with E-state index in [1.807, 2.05) is 0 Å². The number of urea groups is 1. The third-order valence-electron chi connectivity index (χ3n) is 3.08. The van der Waals surface area contributed by atoms with Crippen LogP contribution in [0.25, 0.3) is 0 Å². The van der Waals surface area contributed by atoms with Crippen LogP contribution >= 0.6 is 0 Å². The largest absolute Gasteiger partial charge is 0.508 e. The monoisotopic (exact) mass is 262 g/mol. The Hall–Kier alpha value is -2.01. The van der Waals surface area contributed by atoms with Crippen molar-refractivity contribution in [2.45, 2.75) is 12.8 Å². The maximum absolute atomic E-state index is 11.9. The molecular weight excluding hydrogens is 244 g/mol. The molecule has 1 aromatic carbocycles. The van der Waals surface area contributed by atoms with E-state index in [0.717, 1.165) is 31.7 Å². The van der Waals surface area contributed by atoms with E-state index in [1.54, 1.807) is 37.5 Å². The van der Waals surface area contributed by atoms with Gasteiger partial charge < -0.3 is 15.2 Å². The number of nitrogens with zero attached hydrogens (tertiary/aromatic N) is 1. The fourth-order valence-electron chi connectivity index (χ4n) is 1.83. The van der Waals surface area contributed by atoms with Crippen LogP contribution in [-0.2, 0) is 4.74 Å². The molecule has 1 aliphatic rings. The maximum atomic E-state index is 11.9. The quantitative estimate of drug-likeness (QED) is 0.859. The number of carbonyl (C=O) groups is 1. The smallest absolute Gasteiger partial charge is 0.325 e. The highest BCUT2D eigenvalue weighted by Gasteiger charge is 2.10. The molecule has 5 nitrogen and oxygen atoms in total. The van der Waals surface area contributed by atoms with Gasteiger partial charge in [-0.1, -0.05) is 0 Å². The van der Waals surface area contributed by atoms with Gasteiger partial charge in [-0.3, -0.25) is 4.90 Å². The van der Waals surface area contributed by atoms with Crippen LogP contribution in [0.15, 0.2) is 36.0 Å². The number of amides is 2. The van der Waals surface area contributed by atoms with Gasteiger partial charge in [0.25, 0.3) is 0 Å². The number of rotatable bonds is 2. The number of hydrogen-bond donors (Lipinski definition) is 2. The third kappa shape index (κ3) is 3.72. The molecule has 5 heteroatoms. The highest BCUT2D eigenvalue weighted by Crippen LogP contribution is 2.17. The summed E-state index contributed by atoms with van der Waals surface area (Å²) in [4.78, 5) is 13.4. The van der Waals surface area contributed by atoms with Gasteiger partial charge in [-0.05, 0) is 42.7 Å². The van der Waals surface area contributed by atoms with E-state index < -0.39 is 0 Å². The van der Waals surface area contributed by atoms with Crippen molar-refractivity contribution < 1.29 is 14.6 Å².